The summed E-state index contributed by atoms with van der Waals surface area (Å²) in [6, 6.07) is 16.9. The normalized spacial score (nSPS) is 12.8. The number of benzene rings is 2. The van der Waals surface area contributed by atoms with E-state index < -0.39 is 0 Å². The Morgan fingerprint density at radius 3 is 2.53 bits per heavy atom. The molecule has 19 heavy (non-hydrogen) atoms. The third-order valence-corrected chi connectivity index (χ3v) is 6.84. The van der Waals surface area contributed by atoms with Crippen LogP contribution in [-0.2, 0) is 0 Å². The minimum Gasteiger partial charge on any atom is -0.126 e. The van der Waals surface area contributed by atoms with Gasteiger partial charge >= 0.3 is 0 Å². The number of hydrogen-bond acceptors (Lipinski definition) is 1. The van der Waals surface area contributed by atoms with E-state index in [2.05, 4.69) is 80.4 Å². The Morgan fingerprint density at radius 1 is 1.05 bits per heavy atom. The van der Waals surface area contributed by atoms with Gasteiger partial charge in [0.1, 0.15) is 4.34 Å². The first kappa shape index (κ1) is 13.6. The molecule has 1 atom stereocenters. The summed E-state index contributed by atoms with van der Waals surface area (Å²) in [5.74, 6) is 0. The zero-order valence-corrected chi connectivity index (χ0v) is 14.5. The molecule has 96 valence electrons. The van der Waals surface area contributed by atoms with Crippen molar-refractivity contribution in [3.05, 3.63) is 67.8 Å². The largest absolute Gasteiger partial charge is 0.126 e. The Morgan fingerprint density at radius 2 is 1.79 bits per heavy atom. The molecule has 0 N–H and O–H groups in total. The Bertz CT molecular complexity index is 711. The van der Waals surface area contributed by atoms with E-state index in [0.29, 0.717) is 0 Å². The van der Waals surface area contributed by atoms with E-state index in [9.17, 15) is 0 Å². The fraction of sp³-hybridized carbons (Fsp3) is 0.0667. The third kappa shape index (κ3) is 2.62. The highest BCUT2D eigenvalue weighted by Gasteiger charge is 2.17. The van der Waals surface area contributed by atoms with Crippen molar-refractivity contribution in [1.82, 2.24) is 0 Å². The van der Waals surface area contributed by atoms with Crippen LogP contribution in [0.5, 0.6) is 0 Å². The summed E-state index contributed by atoms with van der Waals surface area (Å²) in [6.45, 7) is 0. The maximum absolute atomic E-state index is 6.13. The average molecular weight is 417 g/mol. The molecule has 0 saturated heterocycles. The van der Waals surface area contributed by atoms with Crippen LogP contribution < -0.4 is 0 Å². The van der Waals surface area contributed by atoms with Crippen LogP contribution >= 0.6 is 54.8 Å². The van der Waals surface area contributed by atoms with E-state index in [-0.39, 0.29) is 4.83 Å². The van der Waals surface area contributed by atoms with Crippen LogP contribution in [0, 0.1) is 0 Å². The lowest BCUT2D eigenvalue weighted by atomic mass is 10.0. The number of halogens is 3. The summed E-state index contributed by atoms with van der Waals surface area (Å²) < 4.78 is 1.75. The Balaban J connectivity index is 2.13. The molecule has 0 nitrogen and oxygen atoms in total. The van der Waals surface area contributed by atoms with Gasteiger partial charge in [0.15, 0.2) is 0 Å². The van der Waals surface area contributed by atoms with E-state index in [1.807, 2.05) is 0 Å². The van der Waals surface area contributed by atoms with Gasteiger partial charge in [0, 0.05) is 9.35 Å². The lowest BCUT2D eigenvalue weighted by Crippen LogP contribution is -1.91. The molecule has 0 radical (unpaired) electrons. The number of fused-ring (bicyclic) bond motifs is 1. The van der Waals surface area contributed by atoms with Crippen molar-refractivity contribution < 1.29 is 0 Å². The van der Waals surface area contributed by atoms with Crippen molar-refractivity contribution in [2.24, 2.45) is 0 Å². The van der Waals surface area contributed by atoms with E-state index in [1.165, 1.54) is 21.2 Å². The fourth-order valence-electron chi connectivity index (χ4n) is 2.11. The summed E-state index contributed by atoms with van der Waals surface area (Å²) in [4.78, 5) is 1.36. The van der Waals surface area contributed by atoms with E-state index in [1.54, 1.807) is 11.3 Å². The van der Waals surface area contributed by atoms with Crippen LogP contribution in [0.3, 0.4) is 0 Å². The molecular weight excluding hydrogens is 407 g/mol. The first-order valence-electron chi connectivity index (χ1n) is 5.73. The average Bonchev–Trinajstić information content (AvgIpc) is 2.77. The molecule has 0 bridgehead atoms. The minimum atomic E-state index is 0.160. The highest BCUT2D eigenvalue weighted by Crippen LogP contribution is 2.42. The van der Waals surface area contributed by atoms with Gasteiger partial charge in [-0.25, -0.2) is 0 Å². The third-order valence-electron chi connectivity index (χ3n) is 3.01. The number of rotatable bonds is 2. The Hall–Kier alpha value is -0.350. The van der Waals surface area contributed by atoms with E-state index in [0.717, 1.165) is 8.81 Å². The molecule has 0 aliphatic rings. The molecule has 0 spiro atoms. The van der Waals surface area contributed by atoms with Crippen LogP contribution in [0.25, 0.3) is 10.8 Å². The topological polar surface area (TPSA) is 0 Å². The molecule has 1 unspecified atom stereocenters. The van der Waals surface area contributed by atoms with E-state index >= 15 is 0 Å². The summed E-state index contributed by atoms with van der Waals surface area (Å²) in [5.41, 5.74) is 1.27. The van der Waals surface area contributed by atoms with E-state index in [4.69, 9.17) is 11.6 Å². The van der Waals surface area contributed by atoms with Crippen LogP contribution in [-0.4, -0.2) is 0 Å². The quantitative estimate of drug-likeness (QED) is 0.403. The van der Waals surface area contributed by atoms with Gasteiger partial charge in [-0.2, -0.15) is 0 Å². The molecule has 1 aromatic heterocycles. The maximum Gasteiger partial charge on any atom is 0.107 e. The van der Waals surface area contributed by atoms with Gasteiger partial charge in [-0.05, 0) is 38.3 Å². The lowest BCUT2D eigenvalue weighted by molar-refractivity contribution is 1.25. The summed E-state index contributed by atoms with van der Waals surface area (Å²) in [7, 11) is 0. The standard InChI is InChI=1S/C15H9Br2ClS/c16-12-8-13(19-15(12)18)14(17)11-7-3-5-9-4-1-2-6-10(9)11/h1-8,14H. The van der Waals surface area contributed by atoms with Crippen LogP contribution in [0.1, 0.15) is 15.3 Å². The van der Waals surface area contributed by atoms with Crippen molar-refractivity contribution >= 4 is 65.6 Å². The number of thiophene rings is 1. The fourth-order valence-corrected chi connectivity index (χ4v) is 4.66. The molecule has 0 amide bonds. The summed E-state index contributed by atoms with van der Waals surface area (Å²) in [5, 5.41) is 2.53. The summed E-state index contributed by atoms with van der Waals surface area (Å²) in [6.07, 6.45) is 0. The van der Waals surface area contributed by atoms with Crippen molar-refractivity contribution in [2.75, 3.05) is 0 Å². The molecular formula is C15H9Br2ClS. The van der Waals surface area contributed by atoms with Gasteiger partial charge in [-0.1, -0.05) is 70.0 Å². The Labute approximate surface area is 137 Å². The van der Waals surface area contributed by atoms with Crippen molar-refractivity contribution in [3.63, 3.8) is 0 Å². The second kappa shape index (κ2) is 5.57. The molecule has 3 rings (SSSR count). The SMILES string of the molecule is Clc1sc(C(Br)c2cccc3ccccc23)cc1Br. The van der Waals surface area contributed by atoms with Crippen LogP contribution in [0.4, 0.5) is 0 Å². The molecule has 1 heterocycles. The predicted octanol–water partition coefficient (Wildman–Crippen LogP) is 6.80. The molecule has 2 aromatic carbocycles. The van der Waals surface area contributed by atoms with Crippen molar-refractivity contribution in [2.45, 2.75) is 4.83 Å². The van der Waals surface area contributed by atoms with Gasteiger partial charge in [0.2, 0.25) is 0 Å². The smallest absolute Gasteiger partial charge is 0.107 e. The van der Waals surface area contributed by atoms with Gasteiger partial charge < -0.3 is 0 Å². The second-order valence-corrected chi connectivity index (χ2v) is 7.66. The zero-order chi connectivity index (χ0) is 13.4. The van der Waals surface area contributed by atoms with Crippen molar-refractivity contribution in [3.8, 4) is 0 Å². The zero-order valence-electron chi connectivity index (χ0n) is 9.74. The first-order chi connectivity index (χ1) is 9.16. The van der Waals surface area contributed by atoms with Gasteiger partial charge in [0.25, 0.3) is 0 Å². The van der Waals surface area contributed by atoms with Gasteiger partial charge in [-0.3, -0.25) is 0 Å². The van der Waals surface area contributed by atoms with Crippen molar-refractivity contribution in [1.29, 1.82) is 0 Å². The van der Waals surface area contributed by atoms with Crippen LogP contribution in [0.2, 0.25) is 4.34 Å². The maximum atomic E-state index is 6.13. The molecule has 0 aliphatic carbocycles. The predicted molar refractivity (Wildman–Crippen MR) is 91.7 cm³/mol. The Kier molecular flexibility index (Phi) is 3.99. The molecule has 3 aromatic rings. The molecule has 0 saturated carbocycles. The lowest BCUT2D eigenvalue weighted by Gasteiger charge is -2.11. The van der Waals surface area contributed by atoms with Gasteiger partial charge in [-0.15, -0.1) is 11.3 Å². The minimum absolute atomic E-state index is 0.160. The summed E-state index contributed by atoms with van der Waals surface area (Å²) >= 11 is 15.0. The highest BCUT2D eigenvalue weighted by atomic mass is 79.9. The second-order valence-electron chi connectivity index (χ2n) is 4.20. The molecule has 0 fully saturated rings. The molecule has 4 heteroatoms. The monoisotopic (exact) mass is 414 g/mol. The highest BCUT2D eigenvalue weighted by molar-refractivity contribution is 9.10. The molecule has 0 aliphatic heterocycles. The van der Waals surface area contributed by atoms with Crippen LogP contribution in [0.15, 0.2) is 53.0 Å². The van der Waals surface area contributed by atoms with Gasteiger partial charge in [0.05, 0.1) is 4.83 Å². The first-order valence-corrected chi connectivity index (χ1v) is 8.63. The number of hydrogen-bond donors (Lipinski definition) is 0. The number of alkyl halides is 1.